The quantitative estimate of drug-likeness (QED) is 0.152. The van der Waals surface area contributed by atoms with Crippen LogP contribution in [0.4, 0.5) is 10.1 Å². The molecule has 238 valence electrons. The maximum Gasteiger partial charge on any atom is 0.252 e. The van der Waals surface area contributed by atoms with Crippen molar-refractivity contribution < 1.29 is 32.2 Å². The molecule has 4 N–H and O–H groups in total. The van der Waals surface area contributed by atoms with Crippen LogP contribution in [0, 0.1) is 5.82 Å². The highest BCUT2D eigenvalue weighted by Gasteiger charge is 2.47. The molecule has 0 saturated heterocycles. The van der Waals surface area contributed by atoms with Crippen LogP contribution < -0.4 is 14.9 Å². The van der Waals surface area contributed by atoms with Crippen LogP contribution in [-0.4, -0.2) is 56.0 Å². The van der Waals surface area contributed by atoms with Crippen molar-refractivity contribution in [2.75, 3.05) is 30.8 Å². The zero-order valence-corrected chi connectivity index (χ0v) is 26.0. The lowest BCUT2D eigenvalue weighted by atomic mass is 9.96. The maximum atomic E-state index is 13.8. The summed E-state index contributed by atoms with van der Waals surface area (Å²) in [6.45, 7) is -0.688. The Morgan fingerprint density at radius 1 is 1.07 bits per heavy atom. The number of aromatic nitrogens is 1. The summed E-state index contributed by atoms with van der Waals surface area (Å²) >= 11 is 0. The number of benzene rings is 3. The van der Waals surface area contributed by atoms with Gasteiger partial charge in [0.15, 0.2) is 0 Å². The average molecular weight is 645 g/mol. The number of hydrogen-bond acceptors (Lipinski definition) is 8. The third-order valence-corrected chi connectivity index (χ3v) is 9.34. The molecule has 1 aliphatic carbocycles. The van der Waals surface area contributed by atoms with Gasteiger partial charge in [-0.2, -0.15) is 0 Å². The van der Waals surface area contributed by atoms with Crippen LogP contribution >= 0.6 is 0 Å². The Kier molecular flexibility index (Phi) is 8.38. The molecule has 12 heteroatoms. The standard InChI is InChI=1S/C34H33FN4O6S/c1-36-33(42)30-26-19-25(22-6-5-7-23(18-22)32(41)38-34(13-14-34)29-8-3-4-15-37-29)27(39(16-17-40)46(2,43)44)20-28(26)45-31(30)21-9-11-24(35)12-10-21/h3-12,15,18-20,33,36,40,42H,13-14,16-17H2,1-2H3,(H,38,41). The van der Waals surface area contributed by atoms with E-state index in [9.17, 15) is 27.8 Å². The molecule has 0 aliphatic heterocycles. The van der Waals surface area contributed by atoms with E-state index in [0.717, 1.165) is 29.1 Å². The summed E-state index contributed by atoms with van der Waals surface area (Å²) in [4.78, 5) is 18.0. The summed E-state index contributed by atoms with van der Waals surface area (Å²) in [6, 6.07) is 21.2. The molecule has 1 atom stereocenters. The van der Waals surface area contributed by atoms with Crippen LogP contribution in [0.5, 0.6) is 0 Å². The number of anilines is 1. The first-order valence-electron chi connectivity index (χ1n) is 14.7. The van der Waals surface area contributed by atoms with E-state index in [1.807, 2.05) is 18.2 Å². The third kappa shape index (κ3) is 5.99. The lowest BCUT2D eigenvalue weighted by molar-refractivity contribution is 0.0929. The summed E-state index contributed by atoms with van der Waals surface area (Å²) in [7, 11) is -2.32. The summed E-state index contributed by atoms with van der Waals surface area (Å²) in [5, 5.41) is 27.3. The molecule has 3 aromatic carbocycles. The Bertz CT molecular complexity index is 2010. The van der Waals surface area contributed by atoms with Crippen LogP contribution in [0.1, 0.15) is 40.7 Å². The number of nitrogens with one attached hydrogen (secondary N) is 2. The number of carbonyl (C=O) groups is 1. The van der Waals surface area contributed by atoms with Crippen molar-refractivity contribution in [3.63, 3.8) is 0 Å². The van der Waals surface area contributed by atoms with Crippen molar-refractivity contribution in [1.29, 1.82) is 0 Å². The highest BCUT2D eigenvalue weighted by atomic mass is 32.2. The van der Waals surface area contributed by atoms with Crippen molar-refractivity contribution in [3.05, 3.63) is 108 Å². The minimum atomic E-state index is -3.89. The first kappa shape index (κ1) is 31.4. The van der Waals surface area contributed by atoms with Crippen molar-refractivity contribution in [2.24, 2.45) is 0 Å². The number of furan rings is 1. The van der Waals surface area contributed by atoms with Crippen molar-refractivity contribution in [1.82, 2.24) is 15.6 Å². The summed E-state index contributed by atoms with van der Waals surface area (Å²) in [5.74, 6) is -0.481. The molecule has 10 nitrogen and oxygen atoms in total. The van der Waals surface area contributed by atoms with Gasteiger partial charge in [-0.25, -0.2) is 12.8 Å². The van der Waals surface area contributed by atoms with E-state index in [2.05, 4.69) is 15.6 Å². The highest BCUT2D eigenvalue weighted by Crippen LogP contribution is 2.45. The Morgan fingerprint density at radius 2 is 1.83 bits per heavy atom. The number of carbonyl (C=O) groups excluding carboxylic acids is 1. The number of aliphatic hydroxyl groups is 2. The van der Waals surface area contributed by atoms with Crippen LogP contribution in [0.25, 0.3) is 33.4 Å². The predicted molar refractivity (Wildman–Crippen MR) is 173 cm³/mol. The number of aliphatic hydroxyl groups excluding tert-OH is 2. The van der Waals surface area contributed by atoms with Gasteiger partial charge in [-0.05, 0) is 80.1 Å². The molecule has 46 heavy (non-hydrogen) atoms. The first-order valence-corrected chi connectivity index (χ1v) is 16.5. The highest BCUT2D eigenvalue weighted by molar-refractivity contribution is 7.92. The molecule has 5 aromatic rings. The molecule has 2 heterocycles. The second-order valence-corrected chi connectivity index (χ2v) is 13.2. The van der Waals surface area contributed by atoms with Gasteiger partial charge in [-0.15, -0.1) is 0 Å². The minimum absolute atomic E-state index is 0.207. The summed E-state index contributed by atoms with van der Waals surface area (Å²) in [5.41, 5.74) is 2.87. The van der Waals surface area contributed by atoms with Gasteiger partial charge in [0.2, 0.25) is 10.0 Å². The van der Waals surface area contributed by atoms with Gasteiger partial charge in [0.25, 0.3) is 5.91 Å². The molecule has 1 saturated carbocycles. The number of pyridine rings is 1. The van der Waals surface area contributed by atoms with Gasteiger partial charge in [-0.3, -0.25) is 19.4 Å². The van der Waals surface area contributed by atoms with Gasteiger partial charge >= 0.3 is 0 Å². The molecule has 0 spiro atoms. The second kappa shape index (κ2) is 12.3. The van der Waals surface area contributed by atoms with Crippen molar-refractivity contribution in [3.8, 4) is 22.5 Å². The van der Waals surface area contributed by atoms with Gasteiger partial charge in [0, 0.05) is 39.9 Å². The minimum Gasteiger partial charge on any atom is -0.456 e. The fourth-order valence-corrected chi connectivity index (χ4v) is 6.63. The second-order valence-electron chi connectivity index (χ2n) is 11.3. The Hall–Kier alpha value is -4.62. The van der Waals surface area contributed by atoms with Crippen molar-refractivity contribution in [2.45, 2.75) is 24.6 Å². The number of halogens is 1. The summed E-state index contributed by atoms with van der Waals surface area (Å²) in [6.07, 6.45) is 3.05. The monoisotopic (exact) mass is 644 g/mol. The summed E-state index contributed by atoms with van der Waals surface area (Å²) < 4.78 is 47.1. The fraction of sp³-hybridized carbons (Fsp3) is 0.235. The fourth-order valence-electron chi connectivity index (χ4n) is 5.71. The number of rotatable bonds is 11. The van der Waals surface area contributed by atoms with E-state index >= 15 is 0 Å². The molecular weight excluding hydrogens is 611 g/mol. The van der Waals surface area contributed by atoms with E-state index in [1.54, 1.807) is 43.6 Å². The number of nitrogens with zero attached hydrogens (tertiary/aromatic N) is 2. The largest absolute Gasteiger partial charge is 0.456 e. The normalized spacial score (nSPS) is 14.6. The van der Waals surface area contributed by atoms with Gasteiger partial charge in [0.05, 0.1) is 36.3 Å². The zero-order chi connectivity index (χ0) is 32.6. The molecule has 1 amide bonds. The average Bonchev–Trinajstić information content (AvgIpc) is 3.74. The molecule has 0 bridgehead atoms. The molecule has 1 fully saturated rings. The van der Waals surface area contributed by atoms with E-state index < -0.39 is 34.2 Å². The predicted octanol–water partition coefficient (Wildman–Crippen LogP) is 4.69. The topological polar surface area (TPSA) is 145 Å². The van der Waals surface area contributed by atoms with E-state index in [-0.39, 0.29) is 29.5 Å². The van der Waals surface area contributed by atoms with Crippen LogP contribution in [0.2, 0.25) is 0 Å². The van der Waals surface area contributed by atoms with E-state index in [4.69, 9.17) is 4.42 Å². The number of sulfonamides is 1. The molecule has 6 rings (SSSR count). The number of amides is 1. The van der Waals surface area contributed by atoms with Gasteiger partial charge in [0.1, 0.15) is 23.4 Å². The van der Waals surface area contributed by atoms with Crippen LogP contribution in [-0.2, 0) is 15.6 Å². The number of fused-ring (bicyclic) bond motifs is 1. The SMILES string of the molecule is CNC(O)c1c(-c2ccc(F)cc2)oc2cc(N(CCO)S(C)(=O)=O)c(-c3cccc(C(=O)NC4(c5ccccn5)CC4)c3)cc12. The third-order valence-electron chi connectivity index (χ3n) is 8.16. The molecule has 2 aromatic heterocycles. The molecule has 0 radical (unpaired) electrons. The Morgan fingerprint density at radius 3 is 2.46 bits per heavy atom. The Labute approximate surface area is 265 Å². The lowest BCUT2D eigenvalue weighted by Crippen LogP contribution is -2.35. The molecule has 1 aliphatic rings. The molecular formula is C34H33FN4O6S. The lowest BCUT2D eigenvalue weighted by Gasteiger charge is -2.25. The number of hydrogen-bond donors (Lipinski definition) is 4. The van der Waals surface area contributed by atoms with Crippen LogP contribution in [0.15, 0.2) is 89.5 Å². The van der Waals surface area contributed by atoms with Gasteiger partial charge < -0.3 is 19.9 Å². The maximum absolute atomic E-state index is 13.8. The zero-order valence-electron chi connectivity index (χ0n) is 25.2. The molecule has 1 unspecified atom stereocenters. The smallest absolute Gasteiger partial charge is 0.252 e. The van der Waals surface area contributed by atoms with Gasteiger partial charge in [-0.1, -0.05) is 18.2 Å². The van der Waals surface area contributed by atoms with Crippen LogP contribution in [0.3, 0.4) is 0 Å². The van der Waals surface area contributed by atoms with Crippen molar-refractivity contribution >= 4 is 32.6 Å². The van der Waals surface area contributed by atoms with E-state index in [1.165, 1.54) is 30.3 Å². The first-order chi connectivity index (χ1) is 22.0. The van der Waals surface area contributed by atoms with E-state index in [0.29, 0.717) is 33.2 Å². The Balaban J connectivity index is 1.52.